The van der Waals surface area contributed by atoms with Gasteiger partial charge < -0.3 is 19.5 Å². The number of nitrogens with zero attached hydrogens (tertiary/aromatic N) is 4. The fourth-order valence-corrected chi connectivity index (χ4v) is 3.29. The molecule has 0 spiro atoms. The molecule has 1 aromatic carbocycles. The Morgan fingerprint density at radius 3 is 2.70 bits per heavy atom. The maximum atomic E-state index is 13.1. The molecule has 1 aliphatic heterocycles. The number of hydrogen-bond donors (Lipinski definition) is 1. The number of alkyl halides is 3. The molecular weight excluding hydrogens is 383 g/mol. The van der Waals surface area contributed by atoms with Gasteiger partial charge in [0.25, 0.3) is 0 Å². The van der Waals surface area contributed by atoms with E-state index in [9.17, 15) is 18.0 Å². The minimum atomic E-state index is -4.45. The quantitative estimate of drug-likeness (QED) is 0.776. The van der Waals surface area contributed by atoms with E-state index >= 15 is 0 Å². The van der Waals surface area contributed by atoms with Crippen LogP contribution in [0.1, 0.15) is 5.56 Å². The zero-order valence-electron chi connectivity index (χ0n) is 14.5. The molecule has 27 heavy (non-hydrogen) atoms. The summed E-state index contributed by atoms with van der Waals surface area (Å²) in [6.45, 7) is 1.76. The summed E-state index contributed by atoms with van der Waals surface area (Å²) in [4.78, 5) is 14.1. The molecule has 11 heteroatoms. The van der Waals surface area contributed by atoms with Crippen molar-refractivity contribution in [2.75, 3.05) is 42.3 Å². The molecule has 0 atom stereocenters. The molecule has 1 aromatic heterocycles. The smallest absolute Gasteiger partial charge is 0.378 e. The number of carbonyl (C=O) groups excluding carboxylic acids is 1. The summed E-state index contributed by atoms with van der Waals surface area (Å²) in [6, 6.07) is 3.32. The van der Waals surface area contributed by atoms with E-state index in [1.807, 2.05) is 0 Å². The van der Waals surface area contributed by atoms with Crippen molar-refractivity contribution in [2.45, 2.75) is 11.3 Å². The van der Waals surface area contributed by atoms with E-state index in [0.717, 1.165) is 12.1 Å². The number of carbonyl (C=O) groups is 1. The van der Waals surface area contributed by atoms with E-state index in [1.165, 1.54) is 24.2 Å². The van der Waals surface area contributed by atoms with Gasteiger partial charge in [-0.15, -0.1) is 10.2 Å². The van der Waals surface area contributed by atoms with Gasteiger partial charge in [0.1, 0.15) is 6.33 Å². The Labute approximate surface area is 157 Å². The van der Waals surface area contributed by atoms with Crippen molar-refractivity contribution in [3.05, 3.63) is 30.1 Å². The van der Waals surface area contributed by atoms with Crippen molar-refractivity contribution in [3.63, 3.8) is 0 Å². The molecule has 0 unspecified atom stereocenters. The van der Waals surface area contributed by atoms with Crippen molar-refractivity contribution in [1.82, 2.24) is 14.8 Å². The number of amides is 1. The minimum absolute atomic E-state index is 0.0656. The lowest BCUT2D eigenvalue weighted by Gasteiger charge is -2.31. The van der Waals surface area contributed by atoms with Gasteiger partial charge in [-0.1, -0.05) is 11.8 Å². The van der Waals surface area contributed by atoms with Crippen LogP contribution in [0.25, 0.3) is 0 Å². The van der Waals surface area contributed by atoms with Gasteiger partial charge in [-0.05, 0) is 18.2 Å². The normalized spacial score (nSPS) is 15.0. The van der Waals surface area contributed by atoms with E-state index < -0.39 is 11.7 Å². The summed E-state index contributed by atoms with van der Waals surface area (Å²) in [6.07, 6.45) is -2.93. The summed E-state index contributed by atoms with van der Waals surface area (Å²) in [5.74, 6) is -0.270. The molecule has 1 saturated heterocycles. The Kier molecular flexibility index (Phi) is 5.90. The number of aryl methyl sites for hydroxylation is 1. The zero-order chi connectivity index (χ0) is 19.4. The topological polar surface area (TPSA) is 72.3 Å². The lowest BCUT2D eigenvalue weighted by Crippen LogP contribution is -2.37. The van der Waals surface area contributed by atoms with Crippen molar-refractivity contribution in [2.24, 2.45) is 7.05 Å². The fraction of sp³-hybridized carbons (Fsp3) is 0.438. The molecular formula is C16H18F3N5O2S. The van der Waals surface area contributed by atoms with Crippen LogP contribution in [0.2, 0.25) is 0 Å². The average molecular weight is 401 g/mol. The van der Waals surface area contributed by atoms with E-state index in [1.54, 1.807) is 16.5 Å². The second kappa shape index (κ2) is 8.17. The Morgan fingerprint density at radius 2 is 2.07 bits per heavy atom. The third-order valence-electron chi connectivity index (χ3n) is 3.95. The Balaban J connectivity index is 1.76. The number of nitrogens with one attached hydrogen (secondary N) is 1. The molecule has 1 aliphatic rings. The first kappa shape index (κ1) is 19.5. The molecule has 0 radical (unpaired) electrons. The van der Waals surface area contributed by atoms with E-state index in [-0.39, 0.29) is 11.7 Å². The van der Waals surface area contributed by atoms with Gasteiger partial charge in [-0.3, -0.25) is 4.79 Å². The van der Waals surface area contributed by atoms with Crippen LogP contribution < -0.4 is 10.2 Å². The number of anilines is 2. The van der Waals surface area contributed by atoms with E-state index in [2.05, 4.69) is 15.5 Å². The summed E-state index contributed by atoms with van der Waals surface area (Å²) < 4.78 is 46.2. The number of benzene rings is 1. The molecule has 1 amide bonds. The maximum absolute atomic E-state index is 13.1. The lowest BCUT2D eigenvalue weighted by atomic mass is 10.1. The molecule has 3 rings (SSSR count). The standard InChI is InChI=1S/C16H18F3N5O2S/c1-23-10-20-22-15(23)27-9-14(25)21-12-3-2-11(16(17,18)19)8-13(12)24-4-6-26-7-5-24/h2-3,8,10H,4-7,9H2,1H3,(H,21,25). The number of rotatable bonds is 5. The van der Waals surface area contributed by atoms with Crippen molar-refractivity contribution < 1.29 is 22.7 Å². The van der Waals surface area contributed by atoms with Crippen LogP contribution in [0.4, 0.5) is 24.5 Å². The highest BCUT2D eigenvalue weighted by Gasteiger charge is 2.32. The predicted molar refractivity (Wildman–Crippen MR) is 94.8 cm³/mol. The number of morpholine rings is 1. The van der Waals surface area contributed by atoms with E-state index in [4.69, 9.17) is 4.74 Å². The molecule has 0 bridgehead atoms. The summed E-state index contributed by atoms with van der Waals surface area (Å²) >= 11 is 1.19. The van der Waals surface area contributed by atoms with Gasteiger partial charge in [-0.25, -0.2) is 0 Å². The van der Waals surface area contributed by atoms with Gasteiger partial charge in [0.05, 0.1) is 35.9 Å². The van der Waals surface area contributed by atoms with Crippen molar-refractivity contribution in [3.8, 4) is 0 Å². The third-order valence-corrected chi connectivity index (χ3v) is 4.99. The summed E-state index contributed by atoms with van der Waals surface area (Å²) in [5, 5.41) is 10.9. The minimum Gasteiger partial charge on any atom is -0.378 e. The Hall–Kier alpha value is -2.27. The Morgan fingerprint density at radius 1 is 1.33 bits per heavy atom. The van der Waals surface area contributed by atoms with Crippen molar-refractivity contribution >= 4 is 29.0 Å². The van der Waals surface area contributed by atoms with Crippen LogP contribution >= 0.6 is 11.8 Å². The lowest BCUT2D eigenvalue weighted by molar-refractivity contribution is -0.137. The fourth-order valence-electron chi connectivity index (χ4n) is 2.60. The van der Waals surface area contributed by atoms with Gasteiger partial charge in [0.2, 0.25) is 5.91 Å². The molecule has 1 fully saturated rings. The number of ether oxygens (including phenoxy) is 1. The molecule has 2 aromatic rings. The largest absolute Gasteiger partial charge is 0.416 e. The first-order valence-electron chi connectivity index (χ1n) is 8.15. The third kappa shape index (κ3) is 4.92. The van der Waals surface area contributed by atoms with Gasteiger partial charge >= 0.3 is 6.18 Å². The number of hydrogen-bond acceptors (Lipinski definition) is 6. The van der Waals surface area contributed by atoms with Crippen LogP contribution in [-0.2, 0) is 22.8 Å². The van der Waals surface area contributed by atoms with E-state index in [0.29, 0.717) is 42.8 Å². The van der Waals surface area contributed by atoms with Gasteiger partial charge in [0.15, 0.2) is 5.16 Å². The number of halogens is 3. The predicted octanol–water partition coefficient (Wildman–Crippen LogP) is 2.40. The van der Waals surface area contributed by atoms with Crippen molar-refractivity contribution in [1.29, 1.82) is 0 Å². The highest BCUT2D eigenvalue weighted by atomic mass is 32.2. The second-order valence-electron chi connectivity index (χ2n) is 5.89. The van der Waals surface area contributed by atoms with Crippen LogP contribution in [0.5, 0.6) is 0 Å². The van der Waals surface area contributed by atoms with Crippen LogP contribution in [0, 0.1) is 0 Å². The highest BCUT2D eigenvalue weighted by molar-refractivity contribution is 7.99. The van der Waals surface area contributed by atoms with Crippen LogP contribution in [-0.4, -0.2) is 52.7 Å². The first-order chi connectivity index (χ1) is 12.8. The average Bonchev–Trinajstić information content (AvgIpc) is 3.05. The molecule has 2 heterocycles. The molecule has 0 saturated carbocycles. The zero-order valence-corrected chi connectivity index (χ0v) is 15.3. The molecule has 1 N–H and O–H groups in total. The monoisotopic (exact) mass is 401 g/mol. The second-order valence-corrected chi connectivity index (χ2v) is 6.83. The Bertz CT molecular complexity index is 806. The SMILES string of the molecule is Cn1cnnc1SCC(=O)Nc1ccc(C(F)(F)F)cc1N1CCOCC1. The van der Waals surface area contributed by atoms with Crippen LogP contribution in [0.3, 0.4) is 0 Å². The first-order valence-corrected chi connectivity index (χ1v) is 9.14. The van der Waals surface area contributed by atoms with Gasteiger partial charge in [0, 0.05) is 20.1 Å². The summed E-state index contributed by atoms with van der Waals surface area (Å²) in [5.41, 5.74) is -0.0750. The molecule has 146 valence electrons. The number of aromatic nitrogens is 3. The van der Waals surface area contributed by atoms with Gasteiger partial charge in [-0.2, -0.15) is 13.2 Å². The van der Waals surface area contributed by atoms with Crippen LogP contribution in [0.15, 0.2) is 29.7 Å². The maximum Gasteiger partial charge on any atom is 0.416 e. The molecule has 0 aliphatic carbocycles. The highest BCUT2D eigenvalue weighted by Crippen LogP contribution is 2.36. The summed E-state index contributed by atoms with van der Waals surface area (Å²) in [7, 11) is 1.76. The molecule has 7 nitrogen and oxygen atoms in total. The number of thioether (sulfide) groups is 1.